The number of nitrogens with one attached hydrogen (secondary N) is 1. The van der Waals surface area contributed by atoms with E-state index >= 15 is 0 Å². The number of nitrogens with zero attached hydrogens (tertiary/aromatic N) is 3. The van der Waals surface area contributed by atoms with Gasteiger partial charge in [-0.05, 0) is 66.9 Å². The molecule has 0 unspecified atom stereocenters. The van der Waals surface area contributed by atoms with E-state index in [1.807, 2.05) is 60.7 Å². The first kappa shape index (κ1) is 21.6. The summed E-state index contributed by atoms with van der Waals surface area (Å²) in [5, 5.41) is 11.9. The minimum Gasteiger partial charge on any atom is -0.497 e. The maximum absolute atomic E-state index is 12.6. The van der Waals surface area contributed by atoms with Gasteiger partial charge < -0.3 is 19.7 Å². The van der Waals surface area contributed by atoms with Crippen molar-refractivity contribution in [2.75, 3.05) is 32.2 Å². The van der Waals surface area contributed by atoms with Crippen molar-refractivity contribution in [1.82, 2.24) is 15.5 Å². The highest BCUT2D eigenvalue weighted by molar-refractivity contribution is 5.79. The molecule has 3 aromatic rings. The molecule has 0 radical (unpaired) electrons. The summed E-state index contributed by atoms with van der Waals surface area (Å²) in [7, 11) is 3.29. The Labute approximate surface area is 188 Å². The zero-order valence-corrected chi connectivity index (χ0v) is 18.5. The predicted octanol–water partition coefficient (Wildman–Crippen LogP) is 3.69. The minimum absolute atomic E-state index is 0.0170. The van der Waals surface area contributed by atoms with Crippen LogP contribution < -0.4 is 19.7 Å². The third-order valence-corrected chi connectivity index (χ3v) is 5.83. The Hall–Kier alpha value is -3.61. The molecule has 1 fully saturated rings. The van der Waals surface area contributed by atoms with Gasteiger partial charge in [-0.2, -0.15) is 0 Å². The predicted molar refractivity (Wildman–Crippen MR) is 124 cm³/mol. The lowest BCUT2D eigenvalue weighted by molar-refractivity contribution is -0.125. The smallest absolute Gasteiger partial charge is 0.223 e. The average Bonchev–Trinajstić information content (AvgIpc) is 2.87. The van der Waals surface area contributed by atoms with Crippen LogP contribution in [0.1, 0.15) is 18.4 Å². The van der Waals surface area contributed by atoms with Gasteiger partial charge in [0.25, 0.3) is 0 Å². The number of amides is 1. The van der Waals surface area contributed by atoms with E-state index in [-0.39, 0.29) is 11.8 Å². The first-order valence-electron chi connectivity index (χ1n) is 10.8. The van der Waals surface area contributed by atoms with Crippen LogP contribution in [0.25, 0.3) is 11.3 Å². The summed E-state index contributed by atoms with van der Waals surface area (Å²) in [5.74, 6) is 2.58. The fraction of sp³-hybridized carbons (Fsp3) is 0.320. The summed E-state index contributed by atoms with van der Waals surface area (Å²) in [6, 6.07) is 19.5. The SMILES string of the molecule is COc1ccc(-c2ccc(N3CCC(C(=O)NCc4cccc(OC)c4)CC3)nn2)cc1. The van der Waals surface area contributed by atoms with Gasteiger partial charge in [0.15, 0.2) is 5.82 Å². The third-order valence-electron chi connectivity index (χ3n) is 5.83. The zero-order valence-electron chi connectivity index (χ0n) is 18.5. The molecule has 2 aromatic carbocycles. The van der Waals surface area contributed by atoms with E-state index in [1.54, 1.807) is 14.2 Å². The lowest BCUT2D eigenvalue weighted by Gasteiger charge is -2.31. The highest BCUT2D eigenvalue weighted by atomic mass is 16.5. The fourth-order valence-corrected chi connectivity index (χ4v) is 3.90. The van der Waals surface area contributed by atoms with Gasteiger partial charge >= 0.3 is 0 Å². The molecular weight excluding hydrogens is 404 g/mol. The number of methoxy groups -OCH3 is 2. The summed E-state index contributed by atoms with van der Waals surface area (Å²) < 4.78 is 10.4. The van der Waals surface area contributed by atoms with Crippen LogP contribution in [0.4, 0.5) is 5.82 Å². The Morgan fingerprint density at radius 2 is 1.72 bits per heavy atom. The molecule has 166 valence electrons. The van der Waals surface area contributed by atoms with Crippen LogP contribution in [-0.2, 0) is 11.3 Å². The summed E-state index contributed by atoms with van der Waals surface area (Å²) in [6.45, 7) is 2.08. The molecule has 0 bridgehead atoms. The number of ether oxygens (including phenoxy) is 2. The van der Waals surface area contributed by atoms with Crippen molar-refractivity contribution in [3.63, 3.8) is 0 Å². The topological polar surface area (TPSA) is 76.6 Å². The Kier molecular flexibility index (Phi) is 6.84. The van der Waals surface area contributed by atoms with Gasteiger partial charge in [-0.25, -0.2) is 0 Å². The molecule has 1 aromatic heterocycles. The summed E-state index contributed by atoms with van der Waals surface area (Å²) in [6.07, 6.45) is 1.59. The Bertz CT molecular complexity index is 1030. The van der Waals surface area contributed by atoms with Crippen LogP contribution >= 0.6 is 0 Å². The van der Waals surface area contributed by atoms with Crippen LogP contribution in [-0.4, -0.2) is 43.4 Å². The van der Waals surface area contributed by atoms with Crippen LogP contribution in [0.15, 0.2) is 60.7 Å². The van der Waals surface area contributed by atoms with Gasteiger partial charge in [-0.15, -0.1) is 10.2 Å². The van der Waals surface area contributed by atoms with Crippen molar-refractivity contribution in [3.8, 4) is 22.8 Å². The second kappa shape index (κ2) is 10.1. The number of aromatic nitrogens is 2. The standard InChI is InChI=1S/C25H28N4O3/c1-31-21-8-6-19(7-9-21)23-10-11-24(28-27-23)29-14-12-20(13-15-29)25(30)26-17-18-4-3-5-22(16-18)32-2/h3-11,16,20H,12-15,17H2,1-2H3,(H,26,30). The summed E-state index contributed by atoms with van der Waals surface area (Å²) >= 11 is 0. The maximum Gasteiger partial charge on any atom is 0.223 e. The van der Waals surface area contributed by atoms with Crippen LogP contribution in [0.5, 0.6) is 11.5 Å². The molecular formula is C25H28N4O3. The van der Waals surface area contributed by atoms with Gasteiger partial charge in [0.05, 0.1) is 19.9 Å². The monoisotopic (exact) mass is 432 g/mol. The van der Waals surface area contributed by atoms with E-state index < -0.39 is 0 Å². The zero-order chi connectivity index (χ0) is 22.3. The largest absolute Gasteiger partial charge is 0.497 e. The molecule has 32 heavy (non-hydrogen) atoms. The third kappa shape index (κ3) is 5.17. The van der Waals surface area contributed by atoms with Crippen LogP contribution in [0.3, 0.4) is 0 Å². The number of hydrogen-bond acceptors (Lipinski definition) is 6. The first-order valence-corrected chi connectivity index (χ1v) is 10.8. The molecule has 0 atom stereocenters. The maximum atomic E-state index is 12.6. The van der Waals surface area contributed by atoms with Crippen molar-refractivity contribution in [1.29, 1.82) is 0 Å². The van der Waals surface area contributed by atoms with Crippen LogP contribution in [0.2, 0.25) is 0 Å². The molecule has 4 rings (SSSR count). The molecule has 7 heteroatoms. The lowest BCUT2D eigenvalue weighted by atomic mass is 9.96. The molecule has 0 saturated carbocycles. The number of benzene rings is 2. The normalized spacial score (nSPS) is 14.1. The highest BCUT2D eigenvalue weighted by Gasteiger charge is 2.25. The first-order chi connectivity index (χ1) is 15.7. The van der Waals surface area contributed by atoms with Gasteiger partial charge in [0.2, 0.25) is 5.91 Å². The molecule has 1 saturated heterocycles. The molecule has 1 aliphatic rings. The Morgan fingerprint density at radius 3 is 2.38 bits per heavy atom. The van der Waals surface area contributed by atoms with E-state index in [4.69, 9.17) is 9.47 Å². The number of piperidine rings is 1. The molecule has 1 N–H and O–H groups in total. The number of anilines is 1. The second-order valence-electron chi connectivity index (χ2n) is 7.84. The lowest BCUT2D eigenvalue weighted by Crippen LogP contribution is -2.40. The molecule has 2 heterocycles. The fourth-order valence-electron chi connectivity index (χ4n) is 3.90. The Balaban J connectivity index is 1.28. The summed E-state index contributed by atoms with van der Waals surface area (Å²) in [4.78, 5) is 14.8. The minimum atomic E-state index is 0.0170. The van der Waals surface area contributed by atoms with Crippen molar-refractivity contribution in [3.05, 3.63) is 66.2 Å². The van der Waals surface area contributed by atoms with Crippen molar-refractivity contribution < 1.29 is 14.3 Å². The summed E-state index contributed by atoms with van der Waals surface area (Å²) in [5.41, 5.74) is 2.85. The van der Waals surface area contributed by atoms with Crippen molar-refractivity contribution in [2.45, 2.75) is 19.4 Å². The van der Waals surface area contributed by atoms with Gasteiger partial charge in [-0.3, -0.25) is 4.79 Å². The van der Waals surface area contributed by atoms with E-state index in [9.17, 15) is 4.79 Å². The molecule has 0 aliphatic carbocycles. The molecule has 0 spiro atoms. The van der Waals surface area contributed by atoms with E-state index in [2.05, 4.69) is 20.4 Å². The van der Waals surface area contributed by atoms with Crippen LogP contribution in [0, 0.1) is 5.92 Å². The van der Waals surface area contributed by atoms with E-state index in [0.717, 1.165) is 60.1 Å². The van der Waals surface area contributed by atoms with Crippen molar-refractivity contribution >= 4 is 11.7 Å². The molecule has 1 aliphatic heterocycles. The van der Waals surface area contributed by atoms with Gasteiger partial charge in [0, 0.05) is 31.1 Å². The Morgan fingerprint density at radius 1 is 0.969 bits per heavy atom. The number of hydrogen-bond donors (Lipinski definition) is 1. The quantitative estimate of drug-likeness (QED) is 0.614. The molecule has 1 amide bonds. The van der Waals surface area contributed by atoms with E-state index in [0.29, 0.717) is 6.54 Å². The number of carbonyl (C=O) groups excluding carboxylic acids is 1. The molecule has 7 nitrogen and oxygen atoms in total. The number of rotatable bonds is 7. The van der Waals surface area contributed by atoms with E-state index in [1.165, 1.54) is 0 Å². The van der Waals surface area contributed by atoms with Gasteiger partial charge in [-0.1, -0.05) is 12.1 Å². The van der Waals surface area contributed by atoms with Crippen molar-refractivity contribution in [2.24, 2.45) is 5.92 Å². The average molecular weight is 433 g/mol. The number of carbonyl (C=O) groups is 1. The highest BCUT2D eigenvalue weighted by Crippen LogP contribution is 2.25. The second-order valence-corrected chi connectivity index (χ2v) is 7.84. The van der Waals surface area contributed by atoms with Gasteiger partial charge in [0.1, 0.15) is 11.5 Å².